The first-order valence-electron chi connectivity index (χ1n) is 9.53. The van der Waals surface area contributed by atoms with Gasteiger partial charge in [-0.2, -0.15) is 0 Å². The van der Waals surface area contributed by atoms with E-state index in [1.807, 2.05) is 19.9 Å². The molecule has 0 aliphatic carbocycles. The first kappa shape index (κ1) is 20.7. The van der Waals surface area contributed by atoms with Crippen molar-refractivity contribution in [2.45, 2.75) is 39.7 Å². The lowest BCUT2D eigenvalue weighted by Crippen LogP contribution is -2.43. The second-order valence-corrected chi connectivity index (χ2v) is 7.60. The molecule has 2 aromatic rings. The van der Waals surface area contributed by atoms with Crippen LogP contribution >= 0.6 is 0 Å². The molecule has 0 saturated heterocycles. The Balaban J connectivity index is 1.82. The molecule has 1 aliphatic rings. The molecule has 0 aromatic heterocycles. The summed E-state index contributed by atoms with van der Waals surface area (Å²) >= 11 is 0. The molecule has 29 heavy (non-hydrogen) atoms. The highest BCUT2D eigenvalue weighted by atomic mass is 16.5. The van der Waals surface area contributed by atoms with Crippen LogP contribution in [-0.2, 0) is 15.2 Å². The Morgan fingerprint density at radius 2 is 1.76 bits per heavy atom. The number of anilines is 1. The number of ketones is 2. The first-order valence-corrected chi connectivity index (χ1v) is 9.53. The van der Waals surface area contributed by atoms with Gasteiger partial charge in [0.05, 0.1) is 12.2 Å². The Morgan fingerprint density at radius 3 is 2.34 bits per heavy atom. The molecule has 6 heteroatoms. The summed E-state index contributed by atoms with van der Waals surface area (Å²) in [6.45, 7) is 7.07. The summed E-state index contributed by atoms with van der Waals surface area (Å²) in [4.78, 5) is 37.7. The number of nitrogens with zero attached hydrogens (tertiary/aromatic N) is 1. The van der Waals surface area contributed by atoms with Crippen LogP contribution in [0.25, 0.3) is 0 Å². The minimum Gasteiger partial charge on any atom is -0.492 e. The molecule has 0 spiro atoms. The summed E-state index contributed by atoms with van der Waals surface area (Å²) < 4.78 is 5.73. The van der Waals surface area contributed by atoms with E-state index < -0.39 is 11.5 Å². The maximum absolute atomic E-state index is 13.1. The van der Waals surface area contributed by atoms with Gasteiger partial charge in [0.25, 0.3) is 5.91 Å². The molecule has 0 bridgehead atoms. The molecular weight excluding hydrogens is 370 g/mol. The Kier molecular flexibility index (Phi) is 5.57. The van der Waals surface area contributed by atoms with Crippen LogP contribution in [0.5, 0.6) is 5.75 Å². The number of aliphatic hydroxyl groups is 1. The number of fused-ring (bicyclic) bond motifs is 1. The van der Waals surface area contributed by atoms with E-state index in [-0.39, 0.29) is 31.1 Å². The minimum atomic E-state index is -1.85. The second-order valence-electron chi connectivity index (χ2n) is 7.60. The van der Waals surface area contributed by atoms with Gasteiger partial charge in [-0.3, -0.25) is 14.4 Å². The molecule has 3 rings (SSSR count). The molecular formula is C23H25NO5. The van der Waals surface area contributed by atoms with Crippen molar-refractivity contribution in [1.82, 2.24) is 0 Å². The van der Waals surface area contributed by atoms with Crippen LogP contribution in [0.2, 0.25) is 0 Å². The second kappa shape index (κ2) is 7.79. The number of aryl methyl sites for hydroxylation is 2. The molecule has 1 atom stereocenters. The average Bonchev–Trinajstić information content (AvgIpc) is 2.83. The SMILES string of the molecule is CC(=O)CC1(O)C(=O)N(CCOc2ccc(C(C)=O)cc2)c2c(C)cc(C)cc21. The van der Waals surface area contributed by atoms with Crippen LogP contribution in [0, 0.1) is 13.8 Å². The summed E-state index contributed by atoms with van der Waals surface area (Å²) in [5.74, 6) is -0.200. The minimum absolute atomic E-state index is 0.0219. The smallest absolute Gasteiger partial charge is 0.264 e. The fourth-order valence-corrected chi connectivity index (χ4v) is 3.86. The highest BCUT2D eigenvalue weighted by Gasteiger charge is 2.50. The monoisotopic (exact) mass is 395 g/mol. The predicted molar refractivity (Wildman–Crippen MR) is 109 cm³/mol. The van der Waals surface area contributed by atoms with Crippen molar-refractivity contribution >= 4 is 23.2 Å². The zero-order valence-corrected chi connectivity index (χ0v) is 17.1. The molecule has 0 saturated carbocycles. The first-order chi connectivity index (χ1) is 13.6. The van der Waals surface area contributed by atoms with Gasteiger partial charge in [0.2, 0.25) is 0 Å². The van der Waals surface area contributed by atoms with Gasteiger partial charge in [-0.1, -0.05) is 17.7 Å². The average molecular weight is 395 g/mol. The molecule has 1 heterocycles. The number of rotatable bonds is 7. The maximum atomic E-state index is 13.1. The van der Waals surface area contributed by atoms with E-state index >= 15 is 0 Å². The quantitative estimate of drug-likeness (QED) is 0.729. The van der Waals surface area contributed by atoms with Crippen molar-refractivity contribution in [1.29, 1.82) is 0 Å². The molecule has 1 amide bonds. The van der Waals surface area contributed by atoms with Gasteiger partial charge in [0, 0.05) is 17.5 Å². The normalized spacial score (nSPS) is 18.0. The van der Waals surface area contributed by atoms with E-state index in [0.717, 1.165) is 11.1 Å². The molecule has 0 radical (unpaired) electrons. The number of ether oxygens (including phenoxy) is 1. The van der Waals surface area contributed by atoms with Crippen LogP contribution < -0.4 is 9.64 Å². The topological polar surface area (TPSA) is 83.9 Å². The lowest BCUT2D eigenvalue weighted by Gasteiger charge is -2.22. The van der Waals surface area contributed by atoms with Crippen molar-refractivity contribution in [3.63, 3.8) is 0 Å². The van der Waals surface area contributed by atoms with Crippen LogP contribution in [-0.4, -0.2) is 35.7 Å². The molecule has 2 aromatic carbocycles. The Morgan fingerprint density at radius 1 is 1.10 bits per heavy atom. The van der Waals surface area contributed by atoms with Gasteiger partial charge in [0.15, 0.2) is 11.4 Å². The van der Waals surface area contributed by atoms with Gasteiger partial charge in [-0.15, -0.1) is 0 Å². The molecule has 1 N–H and O–H groups in total. The number of carbonyl (C=O) groups is 3. The van der Waals surface area contributed by atoms with Crippen molar-refractivity contribution in [3.05, 3.63) is 58.7 Å². The third-order valence-corrected chi connectivity index (χ3v) is 5.11. The highest BCUT2D eigenvalue weighted by molar-refractivity contribution is 6.09. The fourth-order valence-electron chi connectivity index (χ4n) is 3.86. The van der Waals surface area contributed by atoms with E-state index in [4.69, 9.17) is 4.74 Å². The van der Waals surface area contributed by atoms with Gasteiger partial charge in [-0.25, -0.2) is 0 Å². The fraction of sp³-hybridized carbons (Fsp3) is 0.348. The van der Waals surface area contributed by atoms with Crippen molar-refractivity contribution in [2.75, 3.05) is 18.1 Å². The largest absolute Gasteiger partial charge is 0.492 e. The number of amides is 1. The van der Waals surface area contributed by atoms with Crippen LogP contribution in [0.3, 0.4) is 0 Å². The predicted octanol–water partition coefficient (Wildman–Crippen LogP) is 3.10. The Labute approximate surface area is 170 Å². The van der Waals surface area contributed by atoms with Crippen LogP contribution in [0.1, 0.15) is 47.3 Å². The molecule has 1 aliphatic heterocycles. The summed E-state index contributed by atoms with van der Waals surface area (Å²) in [5.41, 5.74) is 1.64. The van der Waals surface area contributed by atoms with Crippen molar-refractivity contribution in [3.8, 4) is 5.75 Å². The van der Waals surface area contributed by atoms with E-state index in [2.05, 4.69) is 0 Å². The maximum Gasteiger partial charge on any atom is 0.264 e. The van der Waals surface area contributed by atoms with E-state index in [1.165, 1.54) is 18.7 Å². The number of carbonyl (C=O) groups excluding carboxylic acids is 3. The number of hydrogen-bond donors (Lipinski definition) is 1. The number of hydrogen-bond acceptors (Lipinski definition) is 5. The van der Waals surface area contributed by atoms with Crippen LogP contribution in [0.15, 0.2) is 36.4 Å². The Bertz CT molecular complexity index is 980. The highest BCUT2D eigenvalue weighted by Crippen LogP contribution is 2.44. The third-order valence-electron chi connectivity index (χ3n) is 5.11. The third kappa shape index (κ3) is 3.93. The number of benzene rings is 2. The van der Waals surface area contributed by atoms with Crippen molar-refractivity contribution in [2.24, 2.45) is 0 Å². The molecule has 6 nitrogen and oxygen atoms in total. The zero-order valence-electron chi connectivity index (χ0n) is 17.1. The molecule has 152 valence electrons. The molecule has 1 unspecified atom stereocenters. The van der Waals surface area contributed by atoms with Gasteiger partial charge >= 0.3 is 0 Å². The van der Waals surface area contributed by atoms with Crippen LogP contribution in [0.4, 0.5) is 5.69 Å². The zero-order chi connectivity index (χ0) is 21.3. The van der Waals surface area contributed by atoms with Crippen molar-refractivity contribution < 1.29 is 24.2 Å². The standard InChI is InChI=1S/C23H25NO5/c1-14-11-15(2)21-20(12-14)23(28,13-16(3)25)22(27)24(21)9-10-29-19-7-5-18(6-8-19)17(4)26/h5-8,11-12,28H,9-10,13H2,1-4H3. The summed E-state index contributed by atoms with van der Waals surface area (Å²) in [6, 6.07) is 10.5. The summed E-state index contributed by atoms with van der Waals surface area (Å²) in [5, 5.41) is 11.1. The summed E-state index contributed by atoms with van der Waals surface area (Å²) in [6.07, 6.45) is -0.258. The van der Waals surface area contributed by atoms with Gasteiger partial charge in [0.1, 0.15) is 18.1 Å². The lowest BCUT2D eigenvalue weighted by atomic mass is 9.88. The van der Waals surface area contributed by atoms with E-state index in [9.17, 15) is 19.5 Å². The van der Waals surface area contributed by atoms with E-state index in [1.54, 1.807) is 30.3 Å². The van der Waals surface area contributed by atoms with Gasteiger partial charge < -0.3 is 14.7 Å². The van der Waals surface area contributed by atoms with E-state index in [0.29, 0.717) is 22.6 Å². The Hall–Kier alpha value is -2.99. The molecule has 0 fully saturated rings. The van der Waals surface area contributed by atoms with Gasteiger partial charge in [-0.05, 0) is 57.5 Å². The number of Topliss-reactive ketones (excluding diaryl/α,β-unsaturated/α-hetero) is 2. The summed E-state index contributed by atoms with van der Waals surface area (Å²) in [7, 11) is 0. The lowest BCUT2D eigenvalue weighted by molar-refractivity contribution is -0.141.